The van der Waals surface area contributed by atoms with Crippen molar-refractivity contribution in [2.75, 3.05) is 5.75 Å². The zero-order chi connectivity index (χ0) is 17.3. The second-order valence-electron chi connectivity index (χ2n) is 5.90. The van der Waals surface area contributed by atoms with Gasteiger partial charge in [0.25, 0.3) is 0 Å². The van der Waals surface area contributed by atoms with Crippen LogP contribution in [0.1, 0.15) is 19.4 Å². The Morgan fingerprint density at radius 2 is 1.70 bits per heavy atom. The van der Waals surface area contributed by atoms with Gasteiger partial charge in [-0.05, 0) is 48.7 Å². The van der Waals surface area contributed by atoms with Crippen LogP contribution in [0.15, 0.2) is 53.4 Å². The van der Waals surface area contributed by atoms with Gasteiger partial charge in [0.15, 0.2) is 9.84 Å². The van der Waals surface area contributed by atoms with Gasteiger partial charge in [-0.1, -0.05) is 30.3 Å². The zero-order valence-corrected chi connectivity index (χ0v) is 13.8. The molecule has 0 saturated heterocycles. The van der Waals surface area contributed by atoms with E-state index in [1.807, 2.05) is 30.3 Å². The Morgan fingerprint density at radius 3 is 2.22 bits per heavy atom. The summed E-state index contributed by atoms with van der Waals surface area (Å²) in [6, 6.07) is 13.8. The quantitative estimate of drug-likeness (QED) is 0.872. The monoisotopic (exact) mass is 333 g/mol. The normalized spacial score (nSPS) is 12.1. The van der Waals surface area contributed by atoms with E-state index in [1.54, 1.807) is 19.9 Å². The number of carbonyl (C=O) groups is 1. The van der Waals surface area contributed by atoms with E-state index < -0.39 is 27.1 Å². The number of nitrogens with two attached hydrogens (primary N) is 1. The van der Waals surface area contributed by atoms with Gasteiger partial charge in [0.2, 0.25) is 5.91 Å². The Bertz CT molecular complexity index is 821. The molecule has 0 saturated carbocycles. The lowest BCUT2D eigenvalue weighted by Crippen LogP contribution is -2.24. The molecule has 0 fully saturated rings. The number of hydrogen-bond donors (Lipinski definition) is 2. The molecule has 0 aliphatic rings. The fraction of sp³-hybridized carbons (Fsp3) is 0.235. The van der Waals surface area contributed by atoms with Crippen LogP contribution in [0.25, 0.3) is 11.1 Å². The van der Waals surface area contributed by atoms with Crippen molar-refractivity contribution >= 4 is 15.7 Å². The zero-order valence-electron chi connectivity index (χ0n) is 13.0. The van der Waals surface area contributed by atoms with Crippen LogP contribution in [-0.4, -0.2) is 25.2 Å². The van der Waals surface area contributed by atoms with Crippen LogP contribution in [0.5, 0.6) is 0 Å². The van der Waals surface area contributed by atoms with Crippen molar-refractivity contribution in [1.29, 1.82) is 0 Å². The molecule has 0 aliphatic heterocycles. The number of primary amides is 1. The first-order valence-corrected chi connectivity index (χ1v) is 8.69. The van der Waals surface area contributed by atoms with Gasteiger partial charge in [0.1, 0.15) is 5.75 Å². The average Bonchev–Trinajstić information content (AvgIpc) is 2.45. The molecule has 0 aliphatic carbocycles. The molecule has 0 atom stereocenters. The molecule has 1 amide bonds. The van der Waals surface area contributed by atoms with Gasteiger partial charge >= 0.3 is 0 Å². The van der Waals surface area contributed by atoms with Crippen LogP contribution in [0.4, 0.5) is 0 Å². The van der Waals surface area contributed by atoms with Crippen LogP contribution in [0, 0.1) is 0 Å². The molecule has 0 radical (unpaired) electrons. The first-order chi connectivity index (χ1) is 10.6. The summed E-state index contributed by atoms with van der Waals surface area (Å²) in [6.07, 6.45) is 0. The number of aliphatic hydroxyl groups is 1. The van der Waals surface area contributed by atoms with Crippen LogP contribution in [-0.2, 0) is 20.2 Å². The highest BCUT2D eigenvalue weighted by Gasteiger charge is 2.23. The summed E-state index contributed by atoms with van der Waals surface area (Å²) in [5, 5.41) is 10.2. The maximum absolute atomic E-state index is 12.3. The highest BCUT2D eigenvalue weighted by Crippen LogP contribution is 2.30. The van der Waals surface area contributed by atoms with Crippen molar-refractivity contribution in [1.82, 2.24) is 0 Å². The minimum absolute atomic E-state index is 0.0326. The summed E-state index contributed by atoms with van der Waals surface area (Å²) in [7, 11) is -3.86. The standard InChI is InChI=1S/C17H19NO4S/c1-17(2,20)14-8-13(12-6-4-3-5-7-12)9-15(10-14)23(21,22)11-16(18)19/h3-10,20H,11H2,1-2H3,(H2,18,19). The molecule has 0 heterocycles. The number of hydrogen-bond acceptors (Lipinski definition) is 4. The summed E-state index contributed by atoms with van der Waals surface area (Å²) in [6.45, 7) is 3.14. The molecule has 23 heavy (non-hydrogen) atoms. The molecule has 2 aromatic carbocycles. The summed E-state index contributed by atoms with van der Waals surface area (Å²) >= 11 is 0. The number of sulfone groups is 1. The predicted octanol–water partition coefficient (Wildman–Crippen LogP) is 1.84. The van der Waals surface area contributed by atoms with E-state index in [1.165, 1.54) is 12.1 Å². The smallest absolute Gasteiger partial charge is 0.233 e. The summed E-state index contributed by atoms with van der Waals surface area (Å²) in [5.74, 6) is -1.68. The summed E-state index contributed by atoms with van der Waals surface area (Å²) in [4.78, 5) is 11.0. The van der Waals surface area contributed by atoms with Crippen LogP contribution in [0.3, 0.4) is 0 Å². The van der Waals surface area contributed by atoms with E-state index in [9.17, 15) is 18.3 Å². The Balaban J connectivity index is 2.67. The van der Waals surface area contributed by atoms with Crippen molar-refractivity contribution in [3.8, 4) is 11.1 Å². The lowest BCUT2D eigenvalue weighted by molar-refractivity contribution is -0.115. The lowest BCUT2D eigenvalue weighted by atomic mass is 9.94. The van der Waals surface area contributed by atoms with E-state index >= 15 is 0 Å². The van der Waals surface area contributed by atoms with Gasteiger partial charge in [-0.2, -0.15) is 0 Å². The molecular weight excluding hydrogens is 314 g/mol. The topological polar surface area (TPSA) is 97.5 Å². The van der Waals surface area contributed by atoms with Crippen LogP contribution in [0.2, 0.25) is 0 Å². The summed E-state index contributed by atoms with van der Waals surface area (Å²) in [5.41, 5.74) is 5.71. The number of benzene rings is 2. The van der Waals surface area contributed by atoms with E-state index in [0.717, 1.165) is 5.56 Å². The Labute approximate surface area is 135 Å². The highest BCUT2D eigenvalue weighted by atomic mass is 32.2. The first kappa shape index (κ1) is 17.2. The van der Waals surface area contributed by atoms with E-state index in [4.69, 9.17) is 5.73 Å². The van der Waals surface area contributed by atoms with Crippen LogP contribution < -0.4 is 5.73 Å². The molecule has 0 bridgehead atoms. The molecule has 0 spiro atoms. The second kappa shape index (κ2) is 6.14. The fourth-order valence-electron chi connectivity index (χ4n) is 2.20. The van der Waals surface area contributed by atoms with Crippen molar-refractivity contribution < 1.29 is 18.3 Å². The molecular formula is C17H19NO4S. The maximum Gasteiger partial charge on any atom is 0.233 e. The first-order valence-electron chi connectivity index (χ1n) is 7.04. The minimum Gasteiger partial charge on any atom is -0.386 e. The largest absolute Gasteiger partial charge is 0.386 e. The molecule has 2 aromatic rings. The Morgan fingerprint density at radius 1 is 1.09 bits per heavy atom. The van der Waals surface area contributed by atoms with E-state index in [-0.39, 0.29) is 4.90 Å². The van der Waals surface area contributed by atoms with Gasteiger partial charge in [-0.15, -0.1) is 0 Å². The van der Waals surface area contributed by atoms with E-state index in [0.29, 0.717) is 11.1 Å². The van der Waals surface area contributed by atoms with Gasteiger partial charge in [0.05, 0.1) is 10.5 Å². The molecule has 3 N–H and O–H groups in total. The predicted molar refractivity (Wildman–Crippen MR) is 88.4 cm³/mol. The molecule has 6 heteroatoms. The SMILES string of the molecule is CC(C)(O)c1cc(-c2ccccc2)cc(S(=O)(=O)CC(N)=O)c1. The number of carbonyl (C=O) groups excluding carboxylic acids is 1. The van der Waals surface area contributed by atoms with Crippen molar-refractivity contribution in [2.45, 2.75) is 24.3 Å². The van der Waals surface area contributed by atoms with E-state index in [2.05, 4.69) is 0 Å². The maximum atomic E-state index is 12.3. The molecule has 2 rings (SSSR count). The number of amides is 1. The lowest BCUT2D eigenvalue weighted by Gasteiger charge is -2.20. The van der Waals surface area contributed by atoms with Crippen molar-refractivity contribution in [3.63, 3.8) is 0 Å². The second-order valence-corrected chi connectivity index (χ2v) is 7.89. The molecule has 0 unspecified atom stereocenters. The highest BCUT2D eigenvalue weighted by molar-refractivity contribution is 7.92. The number of rotatable bonds is 5. The van der Waals surface area contributed by atoms with Crippen LogP contribution >= 0.6 is 0 Å². The Kier molecular flexibility index (Phi) is 4.58. The third kappa shape index (κ3) is 4.18. The average molecular weight is 333 g/mol. The van der Waals surface area contributed by atoms with Crippen molar-refractivity contribution in [3.05, 3.63) is 54.1 Å². The molecule has 0 aromatic heterocycles. The minimum atomic E-state index is -3.86. The van der Waals surface area contributed by atoms with Crippen molar-refractivity contribution in [2.24, 2.45) is 5.73 Å². The summed E-state index contributed by atoms with van der Waals surface area (Å²) < 4.78 is 24.6. The Hall–Kier alpha value is -2.18. The molecule has 5 nitrogen and oxygen atoms in total. The van der Waals surface area contributed by atoms with Gasteiger partial charge < -0.3 is 10.8 Å². The fourth-order valence-corrected chi connectivity index (χ4v) is 3.35. The third-order valence-corrected chi connectivity index (χ3v) is 5.03. The van der Waals surface area contributed by atoms with Gasteiger partial charge in [-0.3, -0.25) is 4.79 Å². The van der Waals surface area contributed by atoms with Gasteiger partial charge in [-0.25, -0.2) is 8.42 Å². The third-order valence-electron chi connectivity index (χ3n) is 3.41. The molecule has 122 valence electrons. The van der Waals surface area contributed by atoms with Gasteiger partial charge in [0, 0.05) is 0 Å².